The molecular weight excluding hydrogens is 252 g/mol. The van der Waals surface area contributed by atoms with Gasteiger partial charge in [-0.1, -0.05) is 37.8 Å². The van der Waals surface area contributed by atoms with Gasteiger partial charge in [0, 0.05) is 5.56 Å². The van der Waals surface area contributed by atoms with E-state index < -0.39 is 0 Å². The lowest BCUT2D eigenvalue weighted by Crippen LogP contribution is -2.33. The van der Waals surface area contributed by atoms with Gasteiger partial charge in [-0.2, -0.15) is 0 Å². The number of nitrogens with two attached hydrogens (primary N) is 1. The van der Waals surface area contributed by atoms with Gasteiger partial charge in [-0.3, -0.25) is 11.3 Å². The monoisotopic (exact) mass is 278 g/mol. The molecule has 0 aliphatic heterocycles. The van der Waals surface area contributed by atoms with Crippen LogP contribution in [0.1, 0.15) is 50.1 Å². The van der Waals surface area contributed by atoms with Gasteiger partial charge in [0.1, 0.15) is 0 Å². The van der Waals surface area contributed by atoms with E-state index in [4.69, 9.17) is 15.3 Å². The summed E-state index contributed by atoms with van der Waals surface area (Å²) < 4.78 is 10.9. The van der Waals surface area contributed by atoms with E-state index in [0.717, 1.165) is 17.1 Å². The number of methoxy groups -OCH3 is 2. The number of para-hydroxylation sites is 1. The van der Waals surface area contributed by atoms with E-state index in [9.17, 15) is 0 Å². The van der Waals surface area contributed by atoms with E-state index in [0.29, 0.717) is 5.92 Å². The second kappa shape index (κ2) is 7.50. The van der Waals surface area contributed by atoms with Gasteiger partial charge in [-0.15, -0.1) is 0 Å². The molecule has 0 aromatic heterocycles. The van der Waals surface area contributed by atoms with Crippen molar-refractivity contribution < 1.29 is 9.47 Å². The Balaban J connectivity index is 2.30. The molecule has 1 aromatic carbocycles. The average molecular weight is 278 g/mol. The molecule has 20 heavy (non-hydrogen) atoms. The van der Waals surface area contributed by atoms with Crippen LogP contribution in [-0.2, 0) is 0 Å². The van der Waals surface area contributed by atoms with E-state index in [-0.39, 0.29) is 6.04 Å². The highest BCUT2D eigenvalue weighted by Gasteiger charge is 2.26. The van der Waals surface area contributed by atoms with E-state index in [2.05, 4.69) is 11.5 Å². The summed E-state index contributed by atoms with van der Waals surface area (Å²) in [5.74, 6) is 7.97. The summed E-state index contributed by atoms with van der Waals surface area (Å²) in [5, 5.41) is 0. The van der Waals surface area contributed by atoms with Crippen LogP contribution in [0, 0.1) is 5.92 Å². The molecule has 1 aromatic rings. The molecule has 0 radical (unpaired) electrons. The van der Waals surface area contributed by atoms with Crippen molar-refractivity contribution >= 4 is 0 Å². The first-order chi connectivity index (χ1) is 9.81. The Morgan fingerprint density at radius 3 is 2.35 bits per heavy atom. The van der Waals surface area contributed by atoms with Crippen molar-refractivity contribution in [3.05, 3.63) is 23.8 Å². The number of hydrazine groups is 1. The van der Waals surface area contributed by atoms with Crippen molar-refractivity contribution in [2.75, 3.05) is 14.2 Å². The lowest BCUT2D eigenvalue weighted by Gasteiger charge is -2.27. The quantitative estimate of drug-likeness (QED) is 0.493. The predicted octanol–water partition coefficient (Wildman–Crippen LogP) is 3.18. The number of nitrogens with one attached hydrogen (secondary N) is 1. The fourth-order valence-electron chi connectivity index (χ4n) is 3.28. The van der Waals surface area contributed by atoms with Crippen LogP contribution in [-0.4, -0.2) is 14.2 Å². The molecule has 1 aliphatic rings. The first-order valence-corrected chi connectivity index (χ1v) is 7.48. The van der Waals surface area contributed by atoms with Gasteiger partial charge >= 0.3 is 0 Å². The molecule has 4 nitrogen and oxygen atoms in total. The maximum atomic E-state index is 5.86. The van der Waals surface area contributed by atoms with Crippen LogP contribution >= 0.6 is 0 Å². The van der Waals surface area contributed by atoms with Gasteiger partial charge in [-0.25, -0.2) is 0 Å². The lowest BCUT2D eigenvalue weighted by atomic mass is 9.87. The third kappa shape index (κ3) is 3.25. The van der Waals surface area contributed by atoms with Crippen LogP contribution in [0.5, 0.6) is 11.5 Å². The molecule has 2 rings (SSSR count). The molecule has 1 atom stereocenters. The van der Waals surface area contributed by atoms with Crippen molar-refractivity contribution in [2.24, 2.45) is 11.8 Å². The summed E-state index contributed by atoms with van der Waals surface area (Å²) in [6, 6.07) is 6.12. The number of rotatable bonds is 5. The molecule has 1 fully saturated rings. The molecule has 0 spiro atoms. The van der Waals surface area contributed by atoms with Crippen molar-refractivity contribution in [1.82, 2.24) is 5.43 Å². The summed E-state index contributed by atoms with van der Waals surface area (Å²) in [5.41, 5.74) is 4.10. The Hall–Kier alpha value is -1.26. The third-order valence-electron chi connectivity index (χ3n) is 4.32. The van der Waals surface area contributed by atoms with Crippen molar-refractivity contribution in [2.45, 2.75) is 44.6 Å². The first-order valence-electron chi connectivity index (χ1n) is 7.48. The highest BCUT2D eigenvalue weighted by atomic mass is 16.5. The second-order valence-corrected chi connectivity index (χ2v) is 5.48. The Morgan fingerprint density at radius 2 is 1.80 bits per heavy atom. The summed E-state index contributed by atoms with van der Waals surface area (Å²) in [4.78, 5) is 0. The molecule has 112 valence electrons. The number of hydrogen-bond donors (Lipinski definition) is 2. The van der Waals surface area contributed by atoms with E-state index >= 15 is 0 Å². The number of hydrogen-bond acceptors (Lipinski definition) is 4. The summed E-state index contributed by atoms with van der Waals surface area (Å²) >= 11 is 0. The minimum absolute atomic E-state index is 0.123. The van der Waals surface area contributed by atoms with Gasteiger partial charge in [0.2, 0.25) is 0 Å². The van der Waals surface area contributed by atoms with Crippen molar-refractivity contribution in [3.63, 3.8) is 0 Å². The molecule has 1 unspecified atom stereocenters. The Kier molecular flexibility index (Phi) is 5.68. The molecule has 0 bridgehead atoms. The zero-order valence-electron chi connectivity index (χ0n) is 12.5. The number of benzene rings is 1. The largest absolute Gasteiger partial charge is 0.493 e. The standard InChI is InChI=1S/C16H26N2O2/c1-19-14-11-7-10-13(16(14)20-2)15(18-17)12-8-5-3-4-6-9-12/h7,10-12,15,18H,3-6,8-9,17H2,1-2H3. The normalized spacial score (nSPS) is 18.4. The van der Waals surface area contributed by atoms with E-state index in [1.807, 2.05) is 12.1 Å². The zero-order valence-corrected chi connectivity index (χ0v) is 12.5. The fraction of sp³-hybridized carbons (Fsp3) is 0.625. The van der Waals surface area contributed by atoms with Gasteiger partial charge < -0.3 is 9.47 Å². The van der Waals surface area contributed by atoms with Crippen LogP contribution in [0.15, 0.2) is 18.2 Å². The van der Waals surface area contributed by atoms with Gasteiger partial charge in [0.25, 0.3) is 0 Å². The van der Waals surface area contributed by atoms with Crippen LogP contribution in [0.3, 0.4) is 0 Å². The van der Waals surface area contributed by atoms with E-state index in [1.165, 1.54) is 38.5 Å². The Morgan fingerprint density at radius 1 is 1.10 bits per heavy atom. The molecule has 0 saturated heterocycles. The van der Waals surface area contributed by atoms with E-state index in [1.54, 1.807) is 14.2 Å². The van der Waals surface area contributed by atoms with Crippen LogP contribution in [0.4, 0.5) is 0 Å². The highest BCUT2D eigenvalue weighted by molar-refractivity contribution is 5.48. The SMILES string of the molecule is COc1cccc(C(NN)C2CCCCCC2)c1OC. The molecule has 4 heteroatoms. The molecular formula is C16H26N2O2. The first kappa shape index (κ1) is 15.1. The summed E-state index contributed by atoms with van der Waals surface area (Å²) in [6.45, 7) is 0. The molecule has 0 amide bonds. The Bertz CT molecular complexity index is 415. The molecule has 1 aliphatic carbocycles. The van der Waals surface area contributed by atoms with Crippen LogP contribution < -0.4 is 20.7 Å². The minimum Gasteiger partial charge on any atom is -0.493 e. The zero-order chi connectivity index (χ0) is 14.4. The Labute approximate surface area is 121 Å². The van der Waals surface area contributed by atoms with Crippen molar-refractivity contribution in [3.8, 4) is 11.5 Å². The maximum absolute atomic E-state index is 5.86. The highest BCUT2D eigenvalue weighted by Crippen LogP contribution is 2.40. The van der Waals surface area contributed by atoms with Gasteiger partial charge in [0.15, 0.2) is 11.5 Å². The number of ether oxygens (including phenoxy) is 2. The minimum atomic E-state index is 0.123. The lowest BCUT2D eigenvalue weighted by molar-refractivity contribution is 0.306. The second-order valence-electron chi connectivity index (χ2n) is 5.48. The van der Waals surface area contributed by atoms with Gasteiger partial charge in [0.05, 0.1) is 20.3 Å². The van der Waals surface area contributed by atoms with Gasteiger partial charge in [-0.05, 0) is 24.8 Å². The molecule has 3 N–H and O–H groups in total. The molecule has 1 saturated carbocycles. The predicted molar refractivity (Wildman–Crippen MR) is 80.8 cm³/mol. The van der Waals surface area contributed by atoms with Crippen LogP contribution in [0.2, 0.25) is 0 Å². The topological polar surface area (TPSA) is 56.5 Å². The maximum Gasteiger partial charge on any atom is 0.165 e. The summed E-state index contributed by atoms with van der Waals surface area (Å²) in [6.07, 6.45) is 7.68. The summed E-state index contributed by atoms with van der Waals surface area (Å²) in [7, 11) is 3.35. The smallest absolute Gasteiger partial charge is 0.165 e. The third-order valence-corrected chi connectivity index (χ3v) is 4.32. The van der Waals surface area contributed by atoms with Crippen LogP contribution in [0.25, 0.3) is 0 Å². The average Bonchev–Trinajstić information content (AvgIpc) is 2.77. The molecule has 0 heterocycles. The fourth-order valence-corrected chi connectivity index (χ4v) is 3.28. The van der Waals surface area contributed by atoms with Crippen molar-refractivity contribution in [1.29, 1.82) is 0 Å².